The Morgan fingerprint density at radius 2 is 2.28 bits per heavy atom. The Labute approximate surface area is 153 Å². The zero-order valence-corrected chi connectivity index (χ0v) is 14.4. The molecule has 25 heavy (non-hydrogen) atoms. The topological polar surface area (TPSA) is 112 Å². The smallest absolute Gasteiger partial charge is 0.199 e. The highest BCUT2D eigenvalue weighted by Gasteiger charge is 2.44. The van der Waals surface area contributed by atoms with E-state index < -0.39 is 6.29 Å². The molecule has 3 atom stereocenters. The highest BCUT2D eigenvalue weighted by Crippen LogP contribution is 2.36. The van der Waals surface area contributed by atoms with Crippen LogP contribution in [-0.2, 0) is 9.47 Å². The highest BCUT2D eigenvalue weighted by atomic mass is 35.5. The zero-order chi connectivity index (χ0) is 17.4. The fourth-order valence-corrected chi connectivity index (χ4v) is 3.21. The molecule has 3 heterocycles. The number of fused-ring (bicyclic) bond motifs is 2. The first-order valence-corrected chi connectivity index (χ1v) is 8.34. The monoisotopic (exact) mass is 379 g/mol. The van der Waals surface area contributed by atoms with Gasteiger partial charge < -0.3 is 15.2 Å². The summed E-state index contributed by atoms with van der Waals surface area (Å²) < 4.78 is 13.2. The second-order valence-electron chi connectivity index (χ2n) is 5.62. The first-order valence-electron chi connectivity index (χ1n) is 7.55. The lowest BCUT2D eigenvalue weighted by atomic mass is 10.0. The van der Waals surface area contributed by atoms with Gasteiger partial charge in [-0.2, -0.15) is 5.10 Å². The molecule has 2 fully saturated rings. The normalized spacial score (nSPS) is 26.8. The van der Waals surface area contributed by atoms with Crippen LogP contribution < -0.4 is 11.2 Å². The molecule has 3 N–H and O–H groups in total. The van der Waals surface area contributed by atoms with E-state index in [4.69, 9.17) is 39.0 Å². The summed E-state index contributed by atoms with van der Waals surface area (Å²) in [6.07, 6.45) is -0.158. The van der Waals surface area contributed by atoms with Crippen molar-refractivity contribution in [2.45, 2.75) is 24.9 Å². The van der Waals surface area contributed by atoms with Crippen molar-refractivity contribution in [3.8, 4) is 11.4 Å². The fourth-order valence-electron chi connectivity index (χ4n) is 2.94. The third kappa shape index (κ3) is 3.09. The van der Waals surface area contributed by atoms with E-state index in [0.717, 1.165) is 5.56 Å². The van der Waals surface area contributed by atoms with Gasteiger partial charge in [-0.1, -0.05) is 23.7 Å². The molecule has 0 amide bonds. The number of nitrogens with two attached hydrogens (primary N) is 1. The molecule has 2 aromatic rings. The van der Waals surface area contributed by atoms with E-state index in [9.17, 15) is 0 Å². The summed E-state index contributed by atoms with van der Waals surface area (Å²) >= 11 is 11.1. The maximum atomic E-state index is 6.29. The molecule has 4 rings (SSSR count). The molecular weight excluding hydrogens is 366 g/mol. The molecule has 2 saturated heterocycles. The molecular formula is C14H14ClN7O2S. The lowest BCUT2D eigenvalue weighted by molar-refractivity contribution is -0.0320. The summed E-state index contributed by atoms with van der Waals surface area (Å²) in [6, 6.07) is 7.20. The number of benzene rings is 1. The Balaban J connectivity index is 1.68. The Morgan fingerprint density at radius 1 is 1.44 bits per heavy atom. The average Bonchev–Trinajstić information content (AvgIpc) is 3.23. The maximum Gasteiger partial charge on any atom is 0.199 e. The SMILES string of the molecule is NC(=S)N/N=C1/C[C@H](n2nnnc2-c2ccccc2Cl)[C@@H]2CO[C@H]1O2. The van der Waals surface area contributed by atoms with Gasteiger partial charge in [0, 0.05) is 12.0 Å². The first-order chi connectivity index (χ1) is 12.1. The van der Waals surface area contributed by atoms with E-state index in [2.05, 4.69) is 26.1 Å². The summed E-state index contributed by atoms with van der Waals surface area (Å²) in [5.74, 6) is 0.561. The lowest BCUT2D eigenvalue weighted by Gasteiger charge is -2.28. The van der Waals surface area contributed by atoms with Crippen LogP contribution in [0, 0.1) is 0 Å². The van der Waals surface area contributed by atoms with Crippen molar-refractivity contribution in [2.75, 3.05) is 6.61 Å². The predicted molar refractivity (Wildman–Crippen MR) is 93.9 cm³/mol. The zero-order valence-electron chi connectivity index (χ0n) is 12.9. The molecule has 1 aromatic heterocycles. The average molecular weight is 380 g/mol. The van der Waals surface area contributed by atoms with Gasteiger partial charge in [-0.3, -0.25) is 5.43 Å². The highest BCUT2D eigenvalue weighted by molar-refractivity contribution is 7.80. The van der Waals surface area contributed by atoms with Gasteiger partial charge in [0.1, 0.15) is 6.10 Å². The van der Waals surface area contributed by atoms with Crippen molar-refractivity contribution < 1.29 is 9.47 Å². The van der Waals surface area contributed by atoms with Crippen LogP contribution in [0.2, 0.25) is 5.02 Å². The lowest BCUT2D eigenvalue weighted by Crippen LogP contribution is -2.39. The molecule has 11 heteroatoms. The van der Waals surface area contributed by atoms with Crippen LogP contribution in [0.1, 0.15) is 12.5 Å². The number of aromatic nitrogens is 4. The number of ether oxygens (including phenoxy) is 2. The number of rotatable bonds is 3. The summed E-state index contributed by atoms with van der Waals surface area (Å²) in [7, 11) is 0. The number of nitrogens with zero attached hydrogens (tertiary/aromatic N) is 5. The number of nitrogens with one attached hydrogen (secondary N) is 1. The molecule has 130 valence electrons. The van der Waals surface area contributed by atoms with E-state index >= 15 is 0 Å². The molecule has 0 spiro atoms. The van der Waals surface area contributed by atoms with E-state index in [-0.39, 0.29) is 17.3 Å². The summed E-state index contributed by atoms with van der Waals surface area (Å²) in [6.45, 7) is 0.420. The van der Waals surface area contributed by atoms with Crippen LogP contribution in [0.15, 0.2) is 29.4 Å². The van der Waals surface area contributed by atoms with E-state index in [1.165, 1.54) is 0 Å². The minimum absolute atomic E-state index is 0.0725. The second kappa shape index (κ2) is 6.64. The summed E-state index contributed by atoms with van der Waals surface area (Å²) in [4.78, 5) is 0. The standard InChI is InChI=1S/C14H14ClN7O2S/c15-8-4-2-1-3-7(8)12-18-20-21-22(12)10-5-9(17-19-14(16)25)13-23-6-11(10)24-13/h1-4,10-11,13H,5-6H2,(H3,16,19,25)/b17-9-/t10-,11-,13-/m0/s1. The van der Waals surface area contributed by atoms with Gasteiger partial charge in [-0.25, -0.2) is 4.68 Å². The van der Waals surface area contributed by atoms with Gasteiger partial charge in [-0.05, 0) is 34.8 Å². The Hall–Kier alpha value is -2.14. The van der Waals surface area contributed by atoms with Crippen molar-refractivity contribution >= 4 is 34.6 Å². The van der Waals surface area contributed by atoms with Crippen molar-refractivity contribution in [3.63, 3.8) is 0 Å². The predicted octanol–water partition coefficient (Wildman–Crippen LogP) is 0.869. The van der Waals surface area contributed by atoms with Gasteiger partial charge in [0.2, 0.25) is 0 Å². The van der Waals surface area contributed by atoms with Crippen LogP contribution >= 0.6 is 23.8 Å². The van der Waals surface area contributed by atoms with E-state index in [1.54, 1.807) is 10.7 Å². The molecule has 0 unspecified atom stereocenters. The summed E-state index contributed by atoms with van der Waals surface area (Å²) in [5, 5.41) is 16.9. The molecule has 2 bridgehead atoms. The molecule has 0 aliphatic carbocycles. The number of halogens is 1. The van der Waals surface area contributed by atoms with Crippen molar-refractivity contribution in [1.82, 2.24) is 25.6 Å². The van der Waals surface area contributed by atoms with Gasteiger partial charge in [0.15, 0.2) is 17.2 Å². The van der Waals surface area contributed by atoms with Crippen LogP contribution in [0.25, 0.3) is 11.4 Å². The van der Waals surface area contributed by atoms with Gasteiger partial charge in [0.25, 0.3) is 0 Å². The second-order valence-corrected chi connectivity index (χ2v) is 6.46. The number of tetrazole rings is 1. The van der Waals surface area contributed by atoms with Gasteiger partial charge in [-0.15, -0.1) is 5.10 Å². The minimum Gasteiger partial charge on any atom is -0.375 e. The Bertz CT molecular complexity index is 842. The van der Waals surface area contributed by atoms with Crippen molar-refractivity contribution in [2.24, 2.45) is 10.8 Å². The van der Waals surface area contributed by atoms with Gasteiger partial charge >= 0.3 is 0 Å². The number of thiocarbonyl (C=S) groups is 1. The van der Waals surface area contributed by atoms with E-state index in [0.29, 0.717) is 29.6 Å². The van der Waals surface area contributed by atoms with Crippen LogP contribution in [0.5, 0.6) is 0 Å². The number of hydrogen-bond donors (Lipinski definition) is 2. The summed E-state index contributed by atoms with van der Waals surface area (Å²) in [5.41, 5.74) is 9.40. The van der Waals surface area contributed by atoms with Crippen molar-refractivity contribution in [1.29, 1.82) is 0 Å². The molecule has 2 aliphatic rings. The Kier molecular flexibility index (Phi) is 4.34. The number of hydrazone groups is 1. The van der Waals surface area contributed by atoms with Crippen LogP contribution in [0.3, 0.4) is 0 Å². The third-order valence-corrected chi connectivity index (χ3v) is 4.48. The molecule has 0 saturated carbocycles. The molecule has 0 radical (unpaired) electrons. The first kappa shape index (κ1) is 16.3. The third-order valence-electron chi connectivity index (χ3n) is 4.06. The van der Waals surface area contributed by atoms with Crippen LogP contribution in [0.4, 0.5) is 0 Å². The maximum absolute atomic E-state index is 6.29. The largest absolute Gasteiger partial charge is 0.375 e. The number of hydrogen-bond acceptors (Lipinski definition) is 7. The van der Waals surface area contributed by atoms with Gasteiger partial charge in [0.05, 0.1) is 23.4 Å². The van der Waals surface area contributed by atoms with E-state index in [1.807, 2.05) is 18.2 Å². The molecule has 9 nitrogen and oxygen atoms in total. The van der Waals surface area contributed by atoms with Crippen molar-refractivity contribution in [3.05, 3.63) is 29.3 Å². The minimum atomic E-state index is -0.511. The quantitative estimate of drug-likeness (QED) is 0.596. The molecule has 2 aliphatic heterocycles. The Morgan fingerprint density at radius 3 is 3.08 bits per heavy atom. The fraction of sp³-hybridized carbons (Fsp3) is 0.357. The van der Waals surface area contributed by atoms with Crippen LogP contribution in [-0.4, -0.2) is 50.0 Å². The molecule has 1 aromatic carbocycles.